The number of carbonyl (C=O) groups is 1. The lowest BCUT2D eigenvalue weighted by Gasteiger charge is -2.29. The summed E-state index contributed by atoms with van der Waals surface area (Å²) in [5.74, 6) is 0.830. The zero-order valence-corrected chi connectivity index (χ0v) is 16.7. The lowest BCUT2D eigenvalue weighted by atomic mass is 9.93. The highest BCUT2D eigenvalue weighted by atomic mass is 16.5. The largest absolute Gasteiger partial charge is 0.494 e. The van der Waals surface area contributed by atoms with Crippen molar-refractivity contribution in [2.24, 2.45) is 0 Å². The fraction of sp³-hybridized carbons (Fsp3) is 0.682. The van der Waals surface area contributed by atoms with Crippen LogP contribution in [-0.4, -0.2) is 49.8 Å². The van der Waals surface area contributed by atoms with E-state index in [1.807, 2.05) is 24.3 Å². The summed E-state index contributed by atoms with van der Waals surface area (Å²) >= 11 is 0. The third-order valence-electron chi connectivity index (χ3n) is 5.91. The molecule has 0 atom stereocenters. The summed E-state index contributed by atoms with van der Waals surface area (Å²) in [7, 11) is 1.66. The molecule has 1 aliphatic carbocycles. The molecule has 1 amide bonds. The van der Waals surface area contributed by atoms with Gasteiger partial charge in [-0.3, -0.25) is 4.79 Å². The number of rotatable bonds is 8. The Hall–Kier alpha value is -1.59. The van der Waals surface area contributed by atoms with Crippen LogP contribution in [0.4, 0.5) is 5.69 Å². The number of carbonyl (C=O) groups excluding carboxylic acids is 1. The zero-order chi connectivity index (χ0) is 19.0. The van der Waals surface area contributed by atoms with Gasteiger partial charge in [-0.15, -0.1) is 0 Å². The second-order valence-corrected chi connectivity index (χ2v) is 7.84. The third-order valence-corrected chi connectivity index (χ3v) is 5.91. The number of amides is 1. The van der Waals surface area contributed by atoms with Gasteiger partial charge in [0.1, 0.15) is 11.4 Å². The molecule has 1 aromatic carbocycles. The first-order chi connectivity index (χ1) is 13.2. The van der Waals surface area contributed by atoms with E-state index < -0.39 is 5.60 Å². The predicted molar refractivity (Wildman–Crippen MR) is 108 cm³/mol. The van der Waals surface area contributed by atoms with Crippen molar-refractivity contribution in [3.8, 4) is 5.75 Å². The molecule has 2 fully saturated rings. The van der Waals surface area contributed by atoms with Crippen LogP contribution < -0.4 is 10.1 Å². The lowest BCUT2D eigenvalue weighted by Crippen LogP contribution is -2.44. The van der Waals surface area contributed by atoms with Crippen LogP contribution in [0.1, 0.15) is 57.8 Å². The van der Waals surface area contributed by atoms with Gasteiger partial charge in [-0.1, -0.05) is 25.7 Å². The molecule has 1 aromatic rings. The molecule has 5 nitrogen and oxygen atoms in total. The molecule has 5 heteroatoms. The van der Waals surface area contributed by atoms with Crippen molar-refractivity contribution in [1.82, 2.24) is 4.90 Å². The van der Waals surface area contributed by atoms with Crippen LogP contribution in [0.2, 0.25) is 0 Å². The second kappa shape index (κ2) is 10.1. The van der Waals surface area contributed by atoms with Gasteiger partial charge < -0.3 is 19.7 Å². The van der Waals surface area contributed by atoms with Crippen LogP contribution in [0, 0.1) is 0 Å². The number of anilines is 1. The van der Waals surface area contributed by atoms with E-state index in [9.17, 15) is 4.79 Å². The summed E-state index contributed by atoms with van der Waals surface area (Å²) in [6.45, 7) is 4.32. The minimum absolute atomic E-state index is 0.0221. The first-order valence-corrected chi connectivity index (χ1v) is 10.5. The molecule has 1 saturated carbocycles. The van der Waals surface area contributed by atoms with Crippen molar-refractivity contribution < 1.29 is 14.3 Å². The Bertz CT molecular complexity index is 574. The van der Waals surface area contributed by atoms with E-state index >= 15 is 0 Å². The summed E-state index contributed by atoms with van der Waals surface area (Å²) < 4.78 is 11.5. The average molecular weight is 375 g/mol. The maximum absolute atomic E-state index is 12.8. The lowest BCUT2D eigenvalue weighted by molar-refractivity contribution is -0.139. The Kier molecular flexibility index (Phi) is 7.53. The molecule has 0 radical (unpaired) electrons. The Morgan fingerprint density at radius 1 is 1.04 bits per heavy atom. The predicted octanol–water partition coefficient (Wildman–Crippen LogP) is 4.23. The second-order valence-electron chi connectivity index (χ2n) is 7.84. The van der Waals surface area contributed by atoms with E-state index in [0.717, 1.165) is 56.7 Å². The number of ether oxygens (including phenoxy) is 2. The highest BCUT2D eigenvalue weighted by Crippen LogP contribution is 2.31. The maximum Gasteiger partial charge on any atom is 0.256 e. The molecule has 0 aromatic heterocycles. The van der Waals surface area contributed by atoms with Crippen molar-refractivity contribution in [2.75, 3.05) is 38.7 Å². The standard InChI is InChI=1S/C22H34N2O3/c1-26-22(13-4-2-3-5-14-22)21(25)23-19-9-11-20(12-10-19)27-18-8-17-24-15-6-7-16-24/h9-12H,2-8,13-18H2,1H3,(H,23,25). The molecule has 0 bridgehead atoms. The maximum atomic E-state index is 12.8. The first-order valence-electron chi connectivity index (χ1n) is 10.5. The van der Waals surface area contributed by atoms with E-state index in [2.05, 4.69) is 10.2 Å². The fourth-order valence-corrected chi connectivity index (χ4v) is 4.19. The van der Waals surface area contributed by atoms with Gasteiger partial charge in [-0.25, -0.2) is 0 Å². The SMILES string of the molecule is COC1(C(=O)Nc2ccc(OCCCN3CCCC3)cc2)CCCCCC1. The number of hydrogen-bond donors (Lipinski definition) is 1. The van der Waals surface area contributed by atoms with Gasteiger partial charge >= 0.3 is 0 Å². The average Bonchev–Trinajstić information content (AvgIpc) is 3.09. The number of nitrogens with zero attached hydrogens (tertiary/aromatic N) is 1. The smallest absolute Gasteiger partial charge is 0.256 e. The van der Waals surface area contributed by atoms with Crippen LogP contribution in [0.15, 0.2) is 24.3 Å². The van der Waals surface area contributed by atoms with Crippen molar-refractivity contribution in [3.63, 3.8) is 0 Å². The topological polar surface area (TPSA) is 50.8 Å². The molecule has 3 rings (SSSR count). The minimum Gasteiger partial charge on any atom is -0.494 e. The van der Waals surface area contributed by atoms with E-state index in [0.29, 0.717) is 0 Å². The van der Waals surface area contributed by atoms with E-state index in [-0.39, 0.29) is 5.91 Å². The minimum atomic E-state index is -0.679. The normalized spacial score (nSPS) is 20.2. The zero-order valence-electron chi connectivity index (χ0n) is 16.7. The van der Waals surface area contributed by atoms with Gasteiger partial charge in [0.15, 0.2) is 0 Å². The molecule has 0 spiro atoms. The molecular formula is C22H34N2O3. The Morgan fingerprint density at radius 3 is 2.33 bits per heavy atom. The highest BCUT2D eigenvalue weighted by Gasteiger charge is 2.38. The molecule has 1 aliphatic heterocycles. The van der Waals surface area contributed by atoms with Crippen molar-refractivity contribution in [3.05, 3.63) is 24.3 Å². The van der Waals surface area contributed by atoms with E-state index in [1.165, 1.54) is 38.8 Å². The summed E-state index contributed by atoms with van der Waals surface area (Å²) in [4.78, 5) is 15.3. The Balaban J connectivity index is 1.45. The molecular weight excluding hydrogens is 340 g/mol. The monoisotopic (exact) mass is 374 g/mol. The summed E-state index contributed by atoms with van der Waals surface area (Å²) in [5, 5.41) is 3.04. The molecule has 2 aliphatic rings. The van der Waals surface area contributed by atoms with Gasteiger partial charge in [-0.2, -0.15) is 0 Å². The van der Waals surface area contributed by atoms with Crippen LogP contribution in [0.25, 0.3) is 0 Å². The number of methoxy groups -OCH3 is 1. The Labute approximate surface area is 163 Å². The van der Waals surface area contributed by atoms with E-state index in [1.54, 1.807) is 7.11 Å². The number of likely N-dealkylation sites (tertiary alicyclic amines) is 1. The number of benzene rings is 1. The van der Waals surface area contributed by atoms with Crippen LogP contribution in [-0.2, 0) is 9.53 Å². The van der Waals surface area contributed by atoms with Gasteiger partial charge in [-0.05, 0) is 69.5 Å². The van der Waals surface area contributed by atoms with Crippen LogP contribution in [0.5, 0.6) is 5.75 Å². The fourth-order valence-electron chi connectivity index (χ4n) is 4.19. The van der Waals surface area contributed by atoms with Gasteiger partial charge in [0.05, 0.1) is 6.61 Å². The highest BCUT2D eigenvalue weighted by molar-refractivity contribution is 5.97. The quantitative estimate of drug-likeness (QED) is 0.546. The molecule has 1 N–H and O–H groups in total. The molecule has 0 unspecified atom stereocenters. The molecule has 1 saturated heterocycles. The number of nitrogens with one attached hydrogen (secondary N) is 1. The molecule has 27 heavy (non-hydrogen) atoms. The van der Waals surface area contributed by atoms with Crippen LogP contribution in [0.3, 0.4) is 0 Å². The van der Waals surface area contributed by atoms with Crippen molar-refractivity contribution >= 4 is 11.6 Å². The van der Waals surface area contributed by atoms with Gasteiger partial charge in [0.2, 0.25) is 0 Å². The Morgan fingerprint density at radius 2 is 1.70 bits per heavy atom. The van der Waals surface area contributed by atoms with Crippen molar-refractivity contribution in [1.29, 1.82) is 0 Å². The summed E-state index contributed by atoms with van der Waals surface area (Å²) in [5.41, 5.74) is 0.117. The van der Waals surface area contributed by atoms with E-state index in [4.69, 9.17) is 9.47 Å². The van der Waals surface area contributed by atoms with Crippen LogP contribution >= 0.6 is 0 Å². The van der Waals surface area contributed by atoms with Crippen molar-refractivity contribution in [2.45, 2.75) is 63.4 Å². The molecule has 150 valence electrons. The van der Waals surface area contributed by atoms with Gasteiger partial charge in [0, 0.05) is 19.3 Å². The number of hydrogen-bond acceptors (Lipinski definition) is 4. The summed E-state index contributed by atoms with van der Waals surface area (Å²) in [6.07, 6.45) is 9.77. The first kappa shape index (κ1) is 20.2. The summed E-state index contributed by atoms with van der Waals surface area (Å²) in [6, 6.07) is 7.68. The third kappa shape index (κ3) is 5.69. The van der Waals surface area contributed by atoms with Gasteiger partial charge in [0.25, 0.3) is 5.91 Å². The molecule has 1 heterocycles.